The van der Waals surface area contributed by atoms with E-state index < -0.39 is 0 Å². The van der Waals surface area contributed by atoms with Crippen molar-refractivity contribution >= 4 is 11.6 Å². The van der Waals surface area contributed by atoms with Crippen molar-refractivity contribution in [3.63, 3.8) is 0 Å². The highest BCUT2D eigenvalue weighted by molar-refractivity contribution is 6.29. The predicted molar refractivity (Wildman–Crippen MR) is 37.2 cm³/mol. The van der Waals surface area contributed by atoms with E-state index in [9.17, 15) is 0 Å². The first-order valence-corrected chi connectivity index (χ1v) is 2.96. The third-order valence-electron chi connectivity index (χ3n) is 0.913. The van der Waals surface area contributed by atoms with Crippen LogP contribution in [0.15, 0.2) is 30.3 Å². The van der Waals surface area contributed by atoms with Gasteiger partial charge in [-0.05, 0) is 0 Å². The van der Waals surface area contributed by atoms with Gasteiger partial charge in [0.1, 0.15) is 0 Å². The molecule has 1 aromatic heterocycles. The van der Waals surface area contributed by atoms with E-state index in [1.807, 2.05) is 10.8 Å². The summed E-state index contributed by atoms with van der Waals surface area (Å²) in [4.78, 5) is 3.84. The molecule has 1 rings (SSSR count). The second kappa shape index (κ2) is 2.69. The lowest BCUT2D eigenvalue weighted by Crippen LogP contribution is -1.91. The lowest BCUT2D eigenvalue weighted by molar-refractivity contribution is 0.811. The summed E-state index contributed by atoms with van der Waals surface area (Å²) in [6.07, 6.45) is 5.25. The van der Waals surface area contributed by atoms with Crippen molar-refractivity contribution in [3.8, 4) is 0 Å². The summed E-state index contributed by atoms with van der Waals surface area (Å²) in [6.45, 7) is 4.19. The highest BCUT2D eigenvalue weighted by Crippen LogP contribution is 1.99. The van der Waals surface area contributed by atoms with Gasteiger partial charge in [0.2, 0.25) is 0 Å². The highest BCUT2D eigenvalue weighted by atomic mass is 35.5. The first kappa shape index (κ1) is 6.36. The Morgan fingerprint density at radius 2 is 2.56 bits per heavy atom. The van der Waals surface area contributed by atoms with Gasteiger partial charge in [0.15, 0.2) is 0 Å². The smallest absolute Gasteiger partial charge is 0.0949 e. The second-order valence-electron chi connectivity index (χ2n) is 1.75. The molecule has 0 fully saturated rings. The van der Waals surface area contributed by atoms with Crippen LogP contribution < -0.4 is 0 Å². The normalized spacial score (nSPS) is 9.44. The van der Waals surface area contributed by atoms with Crippen LogP contribution in [0.2, 0.25) is 0 Å². The molecular formula is C6H7ClN2. The van der Waals surface area contributed by atoms with Gasteiger partial charge < -0.3 is 4.57 Å². The zero-order chi connectivity index (χ0) is 6.69. The van der Waals surface area contributed by atoms with E-state index in [-0.39, 0.29) is 0 Å². The fourth-order valence-corrected chi connectivity index (χ4v) is 0.716. The third kappa shape index (κ3) is 1.90. The lowest BCUT2D eigenvalue weighted by atomic mass is 10.6. The van der Waals surface area contributed by atoms with Crippen molar-refractivity contribution in [3.05, 3.63) is 30.3 Å². The van der Waals surface area contributed by atoms with Gasteiger partial charge in [-0.15, -0.1) is 0 Å². The molecule has 0 aliphatic rings. The summed E-state index contributed by atoms with van der Waals surface area (Å²) in [5, 5.41) is 0.619. The van der Waals surface area contributed by atoms with Crippen molar-refractivity contribution in [2.75, 3.05) is 0 Å². The summed E-state index contributed by atoms with van der Waals surface area (Å²) in [6, 6.07) is 0. The summed E-state index contributed by atoms with van der Waals surface area (Å²) in [5.74, 6) is 0. The van der Waals surface area contributed by atoms with Crippen LogP contribution in [0.25, 0.3) is 0 Å². The number of nitrogens with zero attached hydrogens (tertiary/aromatic N) is 2. The molecule has 48 valence electrons. The van der Waals surface area contributed by atoms with Crippen molar-refractivity contribution in [1.29, 1.82) is 0 Å². The Bertz CT molecular complexity index is 191. The molecule has 0 saturated heterocycles. The Labute approximate surface area is 58.8 Å². The quantitative estimate of drug-likeness (QED) is 0.614. The summed E-state index contributed by atoms with van der Waals surface area (Å²) in [5.41, 5.74) is 0. The van der Waals surface area contributed by atoms with Gasteiger partial charge in [-0.25, -0.2) is 4.98 Å². The van der Waals surface area contributed by atoms with Crippen LogP contribution in [-0.2, 0) is 6.54 Å². The number of halogens is 1. The van der Waals surface area contributed by atoms with E-state index >= 15 is 0 Å². The Morgan fingerprint density at radius 3 is 3.00 bits per heavy atom. The van der Waals surface area contributed by atoms with E-state index in [2.05, 4.69) is 11.6 Å². The molecule has 0 N–H and O–H groups in total. The molecular weight excluding hydrogens is 136 g/mol. The zero-order valence-electron chi connectivity index (χ0n) is 4.92. The number of hydrogen-bond acceptors (Lipinski definition) is 1. The molecule has 0 atom stereocenters. The van der Waals surface area contributed by atoms with Crippen molar-refractivity contribution in [2.45, 2.75) is 6.54 Å². The monoisotopic (exact) mass is 142 g/mol. The van der Waals surface area contributed by atoms with E-state index in [1.54, 1.807) is 12.5 Å². The van der Waals surface area contributed by atoms with Crippen LogP contribution in [-0.4, -0.2) is 9.55 Å². The number of aromatic nitrogens is 2. The van der Waals surface area contributed by atoms with Crippen molar-refractivity contribution < 1.29 is 0 Å². The van der Waals surface area contributed by atoms with Crippen LogP contribution in [0.1, 0.15) is 0 Å². The highest BCUT2D eigenvalue weighted by Gasteiger charge is 1.88. The minimum absolute atomic E-state index is 0.619. The first-order chi connectivity index (χ1) is 4.29. The zero-order valence-corrected chi connectivity index (χ0v) is 5.67. The molecule has 1 heterocycles. The maximum Gasteiger partial charge on any atom is 0.0949 e. The number of rotatable bonds is 2. The van der Waals surface area contributed by atoms with Gasteiger partial charge in [-0.3, -0.25) is 0 Å². The molecule has 1 aromatic rings. The largest absolute Gasteiger partial charge is 0.332 e. The second-order valence-corrected chi connectivity index (χ2v) is 2.29. The molecule has 0 aromatic carbocycles. The average molecular weight is 143 g/mol. The Kier molecular flexibility index (Phi) is 1.90. The third-order valence-corrected chi connectivity index (χ3v) is 1.03. The van der Waals surface area contributed by atoms with E-state index in [4.69, 9.17) is 11.6 Å². The van der Waals surface area contributed by atoms with Gasteiger partial charge in [-0.2, -0.15) is 0 Å². The molecule has 9 heavy (non-hydrogen) atoms. The number of hydrogen-bond donors (Lipinski definition) is 0. The molecule has 0 spiro atoms. The van der Waals surface area contributed by atoms with Gasteiger partial charge in [0, 0.05) is 17.4 Å². The molecule has 0 aliphatic carbocycles. The molecule has 0 amide bonds. The van der Waals surface area contributed by atoms with E-state index in [0.717, 1.165) is 0 Å². The standard InChI is InChI=1S/C6H7ClN2/c1-6(7)4-9-3-2-8-5-9/h2-3,5H,1,4H2. The van der Waals surface area contributed by atoms with Crippen LogP contribution in [0.4, 0.5) is 0 Å². The molecule has 3 heteroatoms. The molecule has 0 bridgehead atoms. The average Bonchev–Trinajstić information content (AvgIpc) is 2.15. The van der Waals surface area contributed by atoms with Crippen LogP contribution in [0, 0.1) is 0 Å². The predicted octanol–water partition coefficient (Wildman–Crippen LogP) is 1.64. The maximum atomic E-state index is 5.53. The fraction of sp³-hybridized carbons (Fsp3) is 0.167. The Hall–Kier alpha value is -0.760. The maximum absolute atomic E-state index is 5.53. The summed E-state index contributed by atoms with van der Waals surface area (Å²) in [7, 11) is 0. The minimum Gasteiger partial charge on any atom is -0.332 e. The topological polar surface area (TPSA) is 17.8 Å². The minimum atomic E-state index is 0.619. The Morgan fingerprint density at radius 1 is 1.78 bits per heavy atom. The molecule has 0 radical (unpaired) electrons. The molecule has 0 aliphatic heterocycles. The first-order valence-electron chi connectivity index (χ1n) is 2.58. The molecule has 0 unspecified atom stereocenters. The van der Waals surface area contributed by atoms with Crippen LogP contribution >= 0.6 is 11.6 Å². The van der Waals surface area contributed by atoms with Gasteiger partial charge in [0.05, 0.1) is 12.9 Å². The van der Waals surface area contributed by atoms with Gasteiger partial charge >= 0.3 is 0 Å². The van der Waals surface area contributed by atoms with Crippen molar-refractivity contribution in [2.24, 2.45) is 0 Å². The summed E-state index contributed by atoms with van der Waals surface area (Å²) < 4.78 is 1.86. The van der Waals surface area contributed by atoms with E-state index in [0.29, 0.717) is 11.6 Å². The fourth-order valence-electron chi connectivity index (χ4n) is 0.578. The Balaban J connectivity index is 2.58. The van der Waals surface area contributed by atoms with Crippen LogP contribution in [0.5, 0.6) is 0 Å². The molecule has 2 nitrogen and oxygen atoms in total. The SMILES string of the molecule is C=C(Cl)Cn1ccnc1. The van der Waals surface area contributed by atoms with Crippen LogP contribution in [0.3, 0.4) is 0 Å². The van der Waals surface area contributed by atoms with Gasteiger partial charge in [-0.1, -0.05) is 18.2 Å². The summed E-state index contributed by atoms with van der Waals surface area (Å²) >= 11 is 5.53. The van der Waals surface area contributed by atoms with Crippen molar-refractivity contribution in [1.82, 2.24) is 9.55 Å². The molecule has 0 saturated carbocycles. The lowest BCUT2D eigenvalue weighted by Gasteiger charge is -1.95. The van der Waals surface area contributed by atoms with Gasteiger partial charge in [0.25, 0.3) is 0 Å². The number of allylic oxidation sites excluding steroid dienone is 1. The number of imidazole rings is 1. The van der Waals surface area contributed by atoms with E-state index in [1.165, 1.54) is 0 Å².